The lowest BCUT2D eigenvalue weighted by atomic mass is 10.2. The van der Waals surface area contributed by atoms with E-state index in [9.17, 15) is 4.39 Å². The van der Waals surface area contributed by atoms with Crippen molar-refractivity contribution < 1.29 is 4.39 Å². The van der Waals surface area contributed by atoms with Gasteiger partial charge in [0, 0.05) is 6.04 Å². The van der Waals surface area contributed by atoms with Gasteiger partial charge in [-0.2, -0.15) is 0 Å². The van der Waals surface area contributed by atoms with Gasteiger partial charge in [-0.15, -0.1) is 0 Å². The highest BCUT2D eigenvalue weighted by molar-refractivity contribution is 4.54. The zero-order chi connectivity index (χ0) is 6.57. The largest absolute Gasteiger partial charge is 0.328 e. The van der Waals surface area contributed by atoms with Crippen LogP contribution in [0.25, 0.3) is 0 Å². The van der Waals surface area contributed by atoms with E-state index in [1.54, 1.807) is 0 Å². The first-order valence-electron chi connectivity index (χ1n) is 2.78. The van der Waals surface area contributed by atoms with Crippen LogP contribution in [-0.2, 0) is 0 Å². The number of halogens is 1. The summed E-state index contributed by atoms with van der Waals surface area (Å²) in [5.74, 6) is 0. The molecule has 50 valence electrons. The topological polar surface area (TPSA) is 52.0 Å². The molecule has 0 rings (SSSR count). The van der Waals surface area contributed by atoms with Crippen LogP contribution in [-0.4, -0.2) is 12.3 Å². The van der Waals surface area contributed by atoms with Crippen LogP contribution >= 0.6 is 0 Å². The highest BCUT2D eigenvalue weighted by Crippen LogP contribution is 1.96. The lowest BCUT2D eigenvalue weighted by Gasteiger charge is -2.03. The van der Waals surface area contributed by atoms with Gasteiger partial charge >= 0.3 is 0 Å². The average molecular weight is 120 g/mol. The van der Waals surface area contributed by atoms with Crippen molar-refractivity contribution in [2.24, 2.45) is 11.5 Å². The number of alkyl halides is 1. The zero-order valence-corrected chi connectivity index (χ0v) is 5.10. The molecule has 0 aromatic rings. The molecule has 0 saturated carbocycles. The molecule has 0 bridgehead atoms. The van der Waals surface area contributed by atoms with Crippen molar-refractivity contribution in [3.05, 3.63) is 0 Å². The first kappa shape index (κ1) is 7.85. The lowest BCUT2D eigenvalue weighted by Crippen LogP contribution is -2.20. The number of hydrogen-bond donors (Lipinski definition) is 2. The normalized spacial score (nSPS) is 18.0. The van der Waals surface area contributed by atoms with Crippen LogP contribution in [0, 0.1) is 0 Å². The minimum absolute atomic E-state index is 0.0665. The Hall–Kier alpha value is -0.150. The second kappa shape index (κ2) is 3.80. The van der Waals surface area contributed by atoms with Crippen LogP contribution in [0.1, 0.15) is 19.8 Å². The molecule has 2 atom stereocenters. The monoisotopic (exact) mass is 120 g/mol. The van der Waals surface area contributed by atoms with Crippen molar-refractivity contribution in [1.82, 2.24) is 0 Å². The Morgan fingerprint density at radius 3 is 2.00 bits per heavy atom. The molecule has 2 unspecified atom stereocenters. The summed E-state index contributed by atoms with van der Waals surface area (Å²) < 4.78 is 11.8. The maximum atomic E-state index is 11.8. The fourth-order valence-corrected chi connectivity index (χ4v) is 0.422. The van der Waals surface area contributed by atoms with Gasteiger partial charge in [0.1, 0.15) is 6.30 Å². The Labute approximate surface area is 49.0 Å². The number of rotatable bonds is 3. The van der Waals surface area contributed by atoms with E-state index < -0.39 is 6.30 Å². The molecule has 0 aliphatic rings. The van der Waals surface area contributed by atoms with Gasteiger partial charge in [-0.1, -0.05) is 0 Å². The van der Waals surface area contributed by atoms with Gasteiger partial charge in [0.15, 0.2) is 0 Å². The molecule has 8 heavy (non-hydrogen) atoms. The Morgan fingerprint density at radius 2 is 1.88 bits per heavy atom. The van der Waals surface area contributed by atoms with E-state index in [4.69, 9.17) is 11.5 Å². The smallest absolute Gasteiger partial charge is 0.148 e. The van der Waals surface area contributed by atoms with Gasteiger partial charge in [-0.05, 0) is 19.8 Å². The maximum absolute atomic E-state index is 11.8. The predicted octanol–water partition coefficient (Wildman–Crippen LogP) is 0.368. The van der Waals surface area contributed by atoms with Gasteiger partial charge in [0.2, 0.25) is 0 Å². The second-order valence-corrected chi connectivity index (χ2v) is 2.07. The molecule has 0 radical (unpaired) electrons. The van der Waals surface area contributed by atoms with Crippen LogP contribution in [0.2, 0.25) is 0 Å². The van der Waals surface area contributed by atoms with Crippen LogP contribution < -0.4 is 11.5 Å². The van der Waals surface area contributed by atoms with E-state index in [0.29, 0.717) is 12.8 Å². The van der Waals surface area contributed by atoms with Crippen molar-refractivity contribution in [1.29, 1.82) is 0 Å². The van der Waals surface area contributed by atoms with Gasteiger partial charge < -0.3 is 11.5 Å². The van der Waals surface area contributed by atoms with Crippen LogP contribution in [0.5, 0.6) is 0 Å². The molecular weight excluding hydrogens is 107 g/mol. The first-order valence-corrected chi connectivity index (χ1v) is 2.78. The molecule has 0 amide bonds. The summed E-state index contributed by atoms with van der Waals surface area (Å²) in [6.45, 7) is 1.84. The van der Waals surface area contributed by atoms with E-state index in [-0.39, 0.29) is 6.04 Å². The Balaban J connectivity index is 2.93. The Kier molecular flexibility index (Phi) is 3.73. The molecule has 0 aliphatic carbocycles. The van der Waals surface area contributed by atoms with Crippen LogP contribution in [0.4, 0.5) is 4.39 Å². The fraction of sp³-hybridized carbons (Fsp3) is 1.00. The van der Waals surface area contributed by atoms with Crippen LogP contribution in [0.3, 0.4) is 0 Å². The van der Waals surface area contributed by atoms with E-state index in [1.165, 1.54) is 0 Å². The highest BCUT2D eigenvalue weighted by Gasteiger charge is 1.99. The summed E-state index contributed by atoms with van der Waals surface area (Å²) in [7, 11) is 0. The maximum Gasteiger partial charge on any atom is 0.148 e. The van der Waals surface area contributed by atoms with Gasteiger partial charge in [0.25, 0.3) is 0 Å². The summed E-state index contributed by atoms with van der Waals surface area (Å²) in [5.41, 5.74) is 10.1. The summed E-state index contributed by atoms with van der Waals surface area (Å²) in [5, 5.41) is 0. The first-order chi connectivity index (χ1) is 3.63. The minimum Gasteiger partial charge on any atom is -0.328 e. The molecule has 0 fully saturated rings. The second-order valence-electron chi connectivity index (χ2n) is 2.07. The summed E-state index contributed by atoms with van der Waals surface area (Å²) in [4.78, 5) is 0. The molecule has 0 saturated heterocycles. The predicted molar refractivity (Wildman–Crippen MR) is 32.0 cm³/mol. The molecule has 0 heterocycles. The Bertz CT molecular complexity index is 46.4. The summed E-state index contributed by atoms with van der Waals surface area (Å²) in [6, 6.07) is 0.0665. The summed E-state index contributed by atoms with van der Waals surface area (Å²) >= 11 is 0. The van der Waals surface area contributed by atoms with E-state index in [2.05, 4.69) is 0 Å². The number of hydrogen-bond acceptors (Lipinski definition) is 2. The third-order valence-electron chi connectivity index (χ3n) is 0.898. The molecule has 0 aromatic heterocycles. The summed E-state index contributed by atoms with van der Waals surface area (Å²) in [6.07, 6.45) is -0.156. The minimum atomic E-state index is -1.19. The van der Waals surface area contributed by atoms with Crippen molar-refractivity contribution in [3.8, 4) is 0 Å². The molecule has 0 spiro atoms. The lowest BCUT2D eigenvalue weighted by molar-refractivity contribution is 0.311. The fourth-order valence-electron chi connectivity index (χ4n) is 0.422. The van der Waals surface area contributed by atoms with E-state index >= 15 is 0 Å². The zero-order valence-electron chi connectivity index (χ0n) is 5.10. The molecule has 3 heteroatoms. The van der Waals surface area contributed by atoms with Crippen molar-refractivity contribution in [2.45, 2.75) is 32.1 Å². The van der Waals surface area contributed by atoms with Gasteiger partial charge in [0.05, 0.1) is 0 Å². The molecular formula is C5H13FN2. The molecule has 0 aliphatic heterocycles. The van der Waals surface area contributed by atoms with Crippen LogP contribution in [0.15, 0.2) is 0 Å². The third-order valence-corrected chi connectivity index (χ3v) is 0.898. The molecule has 2 nitrogen and oxygen atoms in total. The van der Waals surface area contributed by atoms with Crippen molar-refractivity contribution in [3.63, 3.8) is 0 Å². The highest BCUT2D eigenvalue weighted by atomic mass is 19.1. The number of nitrogens with two attached hydrogens (primary N) is 2. The van der Waals surface area contributed by atoms with Crippen molar-refractivity contribution >= 4 is 0 Å². The Morgan fingerprint density at radius 1 is 1.38 bits per heavy atom. The van der Waals surface area contributed by atoms with E-state index in [1.807, 2.05) is 6.92 Å². The standard InChI is InChI=1S/C5H13FN2/c1-4(7)2-3-5(6)8/h4-5H,2-3,7-8H2,1H3. The quantitative estimate of drug-likeness (QED) is 0.528. The average Bonchev–Trinajstić information content (AvgIpc) is 1.61. The molecule has 4 N–H and O–H groups in total. The van der Waals surface area contributed by atoms with Crippen molar-refractivity contribution in [2.75, 3.05) is 0 Å². The molecule has 0 aromatic carbocycles. The van der Waals surface area contributed by atoms with E-state index in [0.717, 1.165) is 0 Å². The van der Waals surface area contributed by atoms with Gasteiger partial charge in [-0.3, -0.25) is 0 Å². The SMILES string of the molecule is CC(N)CCC(N)F. The van der Waals surface area contributed by atoms with Gasteiger partial charge in [-0.25, -0.2) is 4.39 Å². The third kappa shape index (κ3) is 5.85.